The standard InChI is InChI=1S/C24H23N5O2S/c25-15-16-6-7-20-18(14-16)21(24(30)27-20)23-22(17-4-1-2-5-19(17)26-23)28-31-11-3-8-29-9-12-32-13-10-29/h1-2,4-7,14,27,30H,3,8-13H2/b28-22+. The van der Waals surface area contributed by atoms with Crippen molar-refractivity contribution in [1.29, 1.82) is 5.26 Å². The van der Waals surface area contributed by atoms with Gasteiger partial charge in [-0.05, 0) is 30.7 Å². The molecule has 1 saturated heterocycles. The topological polar surface area (TPSA) is 97.0 Å². The fourth-order valence-corrected chi connectivity index (χ4v) is 5.09. The van der Waals surface area contributed by atoms with E-state index in [9.17, 15) is 10.4 Å². The van der Waals surface area contributed by atoms with Crippen molar-refractivity contribution in [2.75, 3.05) is 37.7 Å². The lowest BCUT2D eigenvalue weighted by Gasteiger charge is -2.25. The lowest BCUT2D eigenvalue weighted by atomic mass is 10.0. The number of nitriles is 1. The van der Waals surface area contributed by atoms with Crippen LogP contribution in [0.3, 0.4) is 0 Å². The molecule has 162 valence electrons. The summed E-state index contributed by atoms with van der Waals surface area (Å²) in [4.78, 5) is 15.9. The summed E-state index contributed by atoms with van der Waals surface area (Å²) in [6, 6.07) is 15.1. The van der Waals surface area contributed by atoms with Crippen molar-refractivity contribution in [2.24, 2.45) is 10.1 Å². The summed E-state index contributed by atoms with van der Waals surface area (Å²) in [7, 11) is 0. The quantitative estimate of drug-likeness (QED) is 0.441. The molecule has 0 amide bonds. The van der Waals surface area contributed by atoms with Crippen molar-refractivity contribution < 1.29 is 9.94 Å². The lowest BCUT2D eigenvalue weighted by Crippen LogP contribution is -2.33. The predicted molar refractivity (Wildman–Crippen MR) is 128 cm³/mol. The lowest BCUT2D eigenvalue weighted by molar-refractivity contribution is 0.131. The molecular formula is C24H23N5O2S. The van der Waals surface area contributed by atoms with Gasteiger partial charge in [0.2, 0.25) is 0 Å². The zero-order valence-electron chi connectivity index (χ0n) is 17.5. The van der Waals surface area contributed by atoms with E-state index in [2.05, 4.69) is 21.1 Å². The van der Waals surface area contributed by atoms with Gasteiger partial charge in [0.05, 0.1) is 22.9 Å². The van der Waals surface area contributed by atoms with E-state index in [1.165, 1.54) is 11.5 Å². The van der Waals surface area contributed by atoms with Gasteiger partial charge in [-0.1, -0.05) is 23.4 Å². The van der Waals surface area contributed by atoms with Crippen LogP contribution >= 0.6 is 11.8 Å². The number of benzene rings is 2. The second kappa shape index (κ2) is 9.07. The average molecular weight is 446 g/mol. The molecule has 1 aromatic heterocycles. The zero-order chi connectivity index (χ0) is 21.9. The number of oxime groups is 1. The van der Waals surface area contributed by atoms with E-state index in [0.717, 1.165) is 48.2 Å². The van der Waals surface area contributed by atoms with E-state index in [4.69, 9.17) is 9.83 Å². The molecule has 2 aliphatic heterocycles. The molecule has 0 aliphatic carbocycles. The number of aromatic nitrogens is 1. The van der Waals surface area contributed by atoms with Crippen LogP contribution in [-0.4, -0.2) is 64.2 Å². The molecule has 2 aromatic carbocycles. The third kappa shape index (κ3) is 3.97. The number of hydrogen-bond acceptors (Lipinski definition) is 7. The fraction of sp³-hybridized carbons (Fsp3) is 0.292. The van der Waals surface area contributed by atoms with Gasteiger partial charge >= 0.3 is 0 Å². The minimum Gasteiger partial charge on any atom is -0.494 e. The molecule has 5 rings (SSSR count). The minimum atomic E-state index is -0.00249. The molecule has 7 nitrogen and oxygen atoms in total. The summed E-state index contributed by atoms with van der Waals surface area (Å²) in [6.45, 7) is 3.78. The van der Waals surface area contributed by atoms with E-state index in [0.29, 0.717) is 29.2 Å². The van der Waals surface area contributed by atoms with Crippen LogP contribution in [0.1, 0.15) is 23.1 Å². The van der Waals surface area contributed by atoms with Crippen molar-refractivity contribution in [3.63, 3.8) is 0 Å². The van der Waals surface area contributed by atoms with Gasteiger partial charge < -0.3 is 19.8 Å². The zero-order valence-corrected chi connectivity index (χ0v) is 18.4. The molecule has 8 heteroatoms. The number of hydrogen-bond donors (Lipinski definition) is 2. The van der Waals surface area contributed by atoms with Crippen LogP contribution < -0.4 is 0 Å². The first kappa shape index (κ1) is 20.6. The summed E-state index contributed by atoms with van der Waals surface area (Å²) in [5.74, 6) is 2.39. The number of rotatable bonds is 6. The largest absolute Gasteiger partial charge is 0.494 e. The van der Waals surface area contributed by atoms with Crippen molar-refractivity contribution in [3.05, 3.63) is 59.2 Å². The number of fused-ring (bicyclic) bond motifs is 2. The molecule has 0 bridgehead atoms. The maximum Gasteiger partial charge on any atom is 0.199 e. The first-order chi connectivity index (χ1) is 15.7. The molecule has 2 N–H and O–H groups in total. The number of nitrogens with zero attached hydrogens (tertiary/aromatic N) is 4. The van der Waals surface area contributed by atoms with Gasteiger partial charge in [0, 0.05) is 47.6 Å². The Morgan fingerprint density at radius 2 is 2.06 bits per heavy atom. The molecule has 0 unspecified atom stereocenters. The Hall–Kier alpha value is -3.28. The summed E-state index contributed by atoms with van der Waals surface area (Å²) < 4.78 is 0. The van der Waals surface area contributed by atoms with Crippen LogP contribution in [0.15, 0.2) is 52.6 Å². The monoisotopic (exact) mass is 445 g/mol. The van der Waals surface area contributed by atoms with Crippen LogP contribution in [-0.2, 0) is 4.84 Å². The Labute approximate surface area is 190 Å². The predicted octanol–water partition coefficient (Wildman–Crippen LogP) is 4.04. The maximum atomic E-state index is 10.7. The highest BCUT2D eigenvalue weighted by atomic mass is 32.2. The number of aromatic hydroxyl groups is 1. The molecule has 32 heavy (non-hydrogen) atoms. The van der Waals surface area contributed by atoms with Gasteiger partial charge in [-0.25, -0.2) is 4.99 Å². The molecular weight excluding hydrogens is 422 g/mol. The van der Waals surface area contributed by atoms with Crippen molar-refractivity contribution >= 4 is 39.8 Å². The Morgan fingerprint density at radius 3 is 2.91 bits per heavy atom. The fourth-order valence-electron chi connectivity index (χ4n) is 4.11. The van der Waals surface area contributed by atoms with Gasteiger partial charge in [-0.15, -0.1) is 0 Å². The molecule has 0 atom stereocenters. The van der Waals surface area contributed by atoms with Gasteiger partial charge in [-0.3, -0.25) is 0 Å². The number of thioether (sulfide) groups is 1. The molecule has 0 radical (unpaired) electrons. The van der Waals surface area contributed by atoms with E-state index < -0.39 is 0 Å². The normalized spacial score (nSPS) is 17.3. The van der Waals surface area contributed by atoms with Crippen LogP contribution in [0.25, 0.3) is 10.9 Å². The second-order valence-corrected chi connectivity index (χ2v) is 9.00. The highest BCUT2D eigenvalue weighted by molar-refractivity contribution is 7.99. The summed E-state index contributed by atoms with van der Waals surface area (Å²) >= 11 is 2.01. The summed E-state index contributed by atoms with van der Waals surface area (Å²) in [5, 5.41) is 25.2. The number of H-pyrrole nitrogens is 1. The number of aromatic amines is 1. The summed E-state index contributed by atoms with van der Waals surface area (Å²) in [5.41, 5.74) is 4.55. The third-order valence-corrected chi connectivity index (χ3v) is 6.67. The Bertz CT molecular complexity index is 1250. The van der Waals surface area contributed by atoms with Crippen molar-refractivity contribution in [3.8, 4) is 11.9 Å². The minimum absolute atomic E-state index is 0.00249. The van der Waals surface area contributed by atoms with Crippen molar-refractivity contribution in [2.45, 2.75) is 6.42 Å². The van der Waals surface area contributed by atoms with E-state index in [1.54, 1.807) is 18.2 Å². The van der Waals surface area contributed by atoms with Crippen LogP contribution in [0.5, 0.6) is 5.88 Å². The van der Waals surface area contributed by atoms with Gasteiger partial charge in [0.25, 0.3) is 0 Å². The van der Waals surface area contributed by atoms with Crippen LogP contribution in [0, 0.1) is 11.3 Å². The van der Waals surface area contributed by atoms with Crippen LogP contribution in [0.4, 0.5) is 5.69 Å². The maximum absolute atomic E-state index is 10.7. The van der Waals surface area contributed by atoms with E-state index >= 15 is 0 Å². The Morgan fingerprint density at radius 1 is 1.22 bits per heavy atom. The molecule has 0 spiro atoms. The van der Waals surface area contributed by atoms with Gasteiger partial charge in [0.15, 0.2) is 5.88 Å². The Kier molecular flexibility index (Phi) is 5.84. The van der Waals surface area contributed by atoms with Gasteiger partial charge in [0.1, 0.15) is 18.0 Å². The first-order valence-electron chi connectivity index (χ1n) is 10.7. The number of aliphatic imine (C=N–C) groups is 1. The third-order valence-electron chi connectivity index (χ3n) is 5.73. The highest BCUT2D eigenvalue weighted by Gasteiger charge is 2.29. The first-order valence-corrected chi connectivity index (χ1v) is 11.8. The molecule has 1 fully saturated rings. The second-order valence-electron chi connectivity index (χ2n) is 7.78. The number of nitrogens with one attached hydrogen (secondary N) is 1. The highest BCUT2D eigenvalue weighted by Crippen LogP contribution is 2.36. The van der Waals surface area contributed by atoms with Crippen LogP contribution in [0.2, 0.25) is 0 Å². The average Bonchev–Trinajstić information content (AvgIpc) is 3.35. The smallest absolute Gasteiger partial charge is 0.199 e. The van der Waals surface area contributed by atoms with Crippen molar-refractivity contribution in [1.82, 2.24) is 9.88 Å². The molecule has 0 saturated carbocycles. The Balaban J connectivity index is 1.42. The summed E-state index contributed by atoms with van der Waals surface area (Å²) in [6.07, 6.45) is 0.902. The van der Waals surface area contributed by atoms with E-state index in [1.807, 2.05) is 36.0 Å². The number of para-hydroxylation sites is 1. The SMILES string of the molecule is N#Cc1ccc2[nH]c(O)c(C3=Nc4ccccc4/C3=N\OCCCN3CCSCC3)c2c1. The van der Waals surface area contributed by atoms with Gasteiger partial charge in [-0.2, -0.15) is 17.0 Å². The molecule has 3 heterocycles. The molecule has 2 aliphatic rings. The van der Waals surface area contributed by atoms with E-state index in [-0.39, 0.29) is 5.88 Å². The molecule has 3 aromatic rings.